The molecule has 0 unspecified atom stereocenters. The van der Waals surface area contributed by atoms with Crippen LogP contribution in [-0.4, -0.2) is 44.2 Å². The van der Waals surface area contributed by atoms with Crippen molar-refractivity contribution in [1.82, 2.24) is 15.6 Å². The van der Waals surface area contributed by atoms with Gasteiger partial charge in [-0.15, -0.1) is 0 Å². The Morgan fingerprint density at radius 1 is 1.28 bits per heavy atom. The minimum Gasteiger partial charge on any atom is -0.496 e. The van der Waals surface area contributed by atoms with Gasteiger partial charge in [-0.05, 0) is 42.7 Å². The van der Waals surface area contributed by atoms with Crippen molar-refractivity contribution in [3.8, 4) is 5.75 Å². The number of ether oxygens (including phenoxy) is 1. The van der Waals surface area contributed by atoms with Crippen molar-refractivity contribution < 1.29 is 9.53 Å². The number of aromatic nitrogens is 1. The van der Waals surface area contributed by atoms with Crippen molar-refractivity contribution in [3.05, 3.63) is 53.1 Å². The highest BCUT2D eigenvalue weighted by molar-refractivity contribution is 7.22. The fraction of sp³-hybridized carbons (Fsp3) is 0.364. The molecule has 0 saturated carbocycles. The molecule has 150 valence electrons. The Kier molecular flexibility index (Phi) is 4.85. The number of hydrogen-bond acceptors (Lipinski definition) is 6. The zero-order chi connectivity index (χ0) is 19.8. The fourth-order valence-corrected chi connectivity index (χ4v) is 5.31. The van der Waals surface area contributed by atoms with Gasteiger partial charge in [0.15, 0.2) is 5.13 Å². The smallest absolute Gasteiger partial charge is 0.251 e. The molecule has 3 aromatic rings. The summed E-state index contributed by atoms with van der Waals surface area (Å²) in [5, 5.41) is 7.61. The predicted octanol–water partition coefficient (Wildman–Crippen LogP) is 3.13. The number of rotatable bonds is 4. The second-order valence-corrected chi connectivity index (χ2v) is 8.52. The van der Waals surface area contributed by atoms with Crippen LogP contribution in [0.4, 0.5) is 5.13 Å². The second-order valence-electron chi connectivity index (χ2n) is 7.51. The molecule has 6 nitrogen and oxygen atoms in total. The predicted molar refractivity (Wildman–Crippen MR) is 116 cm³/mol. The summed E-state index contributed by atoms with van der Waals surface area (Å²) >= 11 is 1.66. The van der Waals surface area contributed by atoms with Crippen LogP contribution in [0, 0.1) is 0 Å². The molecule has 1 aromatic heterocycles. The number of fused-ring (bicyclic) bond motifs is 2. The Morgan fingerprint density at radius 2 is 2.14 bits per heavy atom. The van der Waals surface area contributed by atoms with Crippen LogP contribution in [-0.2, 0) is 6.42 Å². The number of carbonyl (C=O) groups is 1. The van der Waals surface area contributed by atoms with Gasteiger partial charge in [0.25, 0.3) is 5.91 Å². The molecule has 1 atom stereocenters. The van der Waals surface area contributed by atoms with Crippen molar-refractivity contribution in [2.45, 2.75) is 18.9 Å². The molecule has 1 aliphatic carbocycles. The average molecular weight is 409 g/mol. The molecule has 29 heavy (non-hydrogen) atoms. The molecule has 5 rings (SSSR count). The first-order valence-electron chi connectivity index (χ1n) is 10.1. The zero-order valence-electron chi connectivity index (χ0n) is 16.4. The van der Waals surface area contributed by atoms with Crippen LogP contribution in [0.5, 0.6) is 5.75 Å². The van der Waals surface area contributed by atoms with Gasteiger partial charge in [0, 0.05) is 37.3 Å². The van der Waals surface area contributed by atoms with Crippen molar-refractivity contribution >= 4 is 32.6 Å². The van der Waals surface area contributed by atoms with E-state index in [1.54, 1.807) is 18.4 Å². The van der Waals surface area contributed by atoms with Crippen LogP contribution in [0.2, 0.25) is 0 Å². The van der Waals surface area contributed by atoms with E-state index in [9.17, 15) is 4.79 Å². The largest absolute Gasteiger partial charge is 0.496 e. The maximum Gasteiger partial charge on any atom is 0.251 e. The average Bonchev–Trinajstić information content (AvgIpc) is 3.38. The number of amides is 1. The highest BCUT2D eigenvalue weighted by Gasteiger charge is 2.27. The number of nitrogens with one attached hydrogen (secondary N) is 2. The van der Waals surface area contributed by atoms with Gasteiger partial charge >= 0.3 is 0 Å². The number of aryl methyl sites for hydroxylation is 1. The van der Waals surface area contributed by atoms with E-state index in [2.05, 4.69) is 21.6 Å². The summed E-state index contributed by atoms with van der Waals surface area (Å²) in [5.74, 6) is 0.802. The van der Waals surface area contributed by atoms with E-state index in [1.807, 2.05) is 30.3 Å². The zero-order valence-corrected chi connectivity index (χ0v) is 17.2. The summed E-state index contributed by atoms with van der Waals surface area (Å²) in [6.45, 7) is 3.90. The van der Waals surface area contributed by atoms with E-state index in [1.165, 1.54) is 5.56 Å². The number of anilines is 1. The van der Waals surface area contributed by atoms with E-state index in [4.69, 9.17) is 9.72 Å². The molecule has 1 aliphatic heterocycles. The van der Waals surface area contributed by atoms with Gasteiger partial charge in [-0.2, -0.15) is 0 Å². The lowest BCUT2D eigenvalue weighted by Crippen LogP contribution is -2.43. The number of hydrogen-bond donors (Lipinski definition) is 2. The van der Waals surface area contributed by atoms with Gasteiger partial charge in [0.1, 0.15) is 5.75 Å². The van der Waals surface area contributed by atoms with E-state index in [-0.39, 0.29) is 11.9 Å². The molecule has 7 heteroatoms. The molecule has 1 saturated heterocycles. The SMILES string of the molecule is COc1cccc2c1[C@@H](NC(=O)c1ccc3nc(N4CCNCC4)sc3c1)CC2. The monoisotopic (exact) mass is 408 g/mol. The van der Waals surface area contributed by atoms with Crippen molar-refractivity contribution in [2.24, 2.45) is 0 Å². The summed E-state index contributed by atoms with van der Waals surface area (Å²) in [6.07, 6.45) is 1.86. The molecule has 2 aromatic carbocycles. The molecule has 1 fully saturated rings. The van der Waals surface area contributed by atoms with Crippen LogP contribution in [0.15, 0.2) is 36.4 Å². The molecule has 0 spiro atoms. The number of methoxy groups -OCH3 is 1. The topological polar surface area (TPSA) is 66.5 Å². The Labute approximate surface area is 173 Å². The van der Waals surface area contributed by atoms with Gasteiger partial charge in [-0.3, -0.25) is 4.79 Å². The van der Waals surface area contributed by atoms with E-state index >= 15 is 0 Å². The fourth-order valence-electron chi connectivity index (χ4n) is 4.26. The molecule has 2 N–H and O–H groups in total. The lowest BCUT2D eigenvalue weighted by Gasteiger charge is -2.26. The summed E-state index contributed by atoms with van der Waals surface area (Å²) in [7, 11) is 1.68. The minimum atomic E-state index is -0.0484. The molecular formula is C22H24N4O2S. The minimum absolute atomic E-state index is 0.0118. The first-order chi connectivity index (χ1) is 14.2. The Balaban J connectivity index is 1.37. The molecule has 0 bridgehead atoms. The maximum absolute atomic E-state index is 13.0. The number of thiazole rings is 1. The lowest BCUT2D eigenvalue weighted by atomic mass is 10.1. The third kappa shape index (κ3) is 3.45. The number of piperazine rings is 1. The maximum atomic E-state index is 13.0. The highest BCUT2D eigenvalue weighted by Crippen LogP contribution is 2.38. The standard InChI is InChI=1S/C22H24N4O2S/c1-28-18-4-2-3-14-5-8-17(20(14)18)24-21(27)15-6-7-16-19(13-15)29-22(25-16)26-11-9-23-10-12-26/h2-4,6-7,13,17,23H,5,8-12H2,1H3,(H,24,27)/t17-/m0/s1. The number of benzene rings is 2. The van der Waals surface area contributed by atoms with E-state index in [0.29, 0.717) is 5.56 Å². The first kappa shape index (κ1) is 18.4. The van der Waals surface area contributed by atoms with Gasteiger partial charge < -0.3 is 20.3 Å². The third-order valence-electron chi connectivity index (χ3n) is 5.76. The van der Waals surface area contributed by atoms with E-state index in [0.717, 1.165) is 65.7 Å². The van der Waals surface area contributed by atoms with Crippen molar-refractivity contribution in [3.63, 3.8) is 0 Å². The van der Waals surface area contributed by atoms with Crippen LogP contribution < -0.4 is 20.3 Å². The molecule has 0 radical (unpaired) electrons. The quantitative estimate of drug-likeness (QED) is 0.694. The summed E-state index contributed by atoms with van der Waals surface area (Å²) in [4.78, 5) is 20.0. The normalized spacial score (nSPS) is 18.7. The summed E-state index contributed by atoms with van der Waals surface area (Å²) in [5.41, 5.74) is 4.00. The van der Waals surface area contributed by atoms with Gasteiger partial charge in [-0.25, -0.2) is 4.98 Å². The van der Waals surface area contributed by atoms with Gasteiger partial charge in [-0.1, -0.05) is 23.5 Å². The third-order valence-corrected chi connectivity index (χ3v) is 6.84. The van der Waals surface area contributed by atoms with Crippen LogP contribution >= 0.6 is 11.3 Å². The van der Waals surface area contributed by atoms with Crippen LogP contribution in [0.1, 0.15) is 33.9 Å². The lowest BCUT2D eigenvalue weighted by molar-refractivity contribution is 0.0936. The number of carbonyl (C=O) groups excluding carboxylic acids is 1. The first-order valence-corrected chi connectivity index (χ1v) is 10.9. The van der Waals surface area contributed by atoms with Gasteiger partial charge in [0.05, 0.1) is 23.4 Å². The van der Waals surface area contributed by atoms with Crippen molar-refractivity contribution in [2.75, 3.05) is 38.2 Å². The molecule has 2 aliphatic rings. The Morgan fingerprint density at radius 3 is 2.97 bits per heavy atom. The molecular weight excluding hydrogens is 384 g/mol. The van der Waals surface area contributed by atoms with Crippen LogP contribution in [0.25, 0.3) is 10.2 Å². The summed E-state index contributed by atoms with van der Waals surface area (Å²) in [6, 6.07) is 11.9. The van der Waals surface area contributed by atoms with Gasteiger partial charge in [0.2, 0.25) is 0 Å². The van der Waals surface area contributed by atoms with Crippen LogP contribution in [0.3, 0.4) is 0 Å². The molecule has 1 amide bonds. The van der Waals surface area contributed by atoms with E-state index < -0.39 is 0 Å². The summed E-state index contributed by atoms with van der Waals surface area (Å²) < 4.78 is 6.58. The molecule has 2 heterocycles. The second kappa shape index (κ2) is 7.65. The van der Waals surface area contributed by atoms with Crippen molar-refractivity contribution in [1.29, 1.82) is 0 Å². The highest BCUT2D eigenvalue weighted by atomic mass is 32.1. The Hall–Kier alpha value is -2.64. The number of nitrogens with zero attached hydrogens (tertiary/aromatic N) is 2. The Bertz CT molecular complexity index is 1060.